The van der Waals surface area contributed by atoms with Crippen molar-refractivity contribution in [1.82, 2.24) is 4.90 Å². The van der Waals surface area contributed by atoms with E-state index < -0.39 is 0 Å². The van der Waals surface area contributed by atoms with Crippen molar-refractivity contribution in [3.63, 3.8) is 0 Å². The molecule has 1 aromatic rings. The van der Waals surface area contributed by atoms with Crippen LogP contribution < -0.4 is 0 Å². The van der Waals surface area contributed by atoms with Crippen LogP contribution in [0.25, 0.3) is 0 Å². The van der Waals surface area contributed by atoms with E-state index in [9.17, 15) is 5.11 Å². The summed E-state index contributed by atoms with van der Waals surface area (Å²) in [6.07, 6.45) is -0.272. The van der Waals surface area contributed by atoms with Gasteiger partial charge in [0.1, 0.15) is 0 Å². The highest BCUT2D eigenvalue weighted by Gasteiger charge is 2.14. The predicted octanol–water partition coefficient (Wildman–Crippen LogP) is 3.10. The summed E-state index contributed by atoms with van der Waals surface area (Å²) in [5.41, 5.74) is 0. The molecule has 0 radical (unpaired) electrons. The van der Waals surface area contributed by atoms with E-state index in [4.69, 9.17) is 0 Å². The molecule has 0 saturated carbocycles. The van der Waals surface area contributed by atoms with Crippen LogP contribution in [0.5, 0.6) is 0 Å². The van der Waals surface area contributed by atoms with E-state index >= 15 is 0 Å². The maximum Gasteiger partial charge on any atom is 0.0639 e. The fourth-order valence-corrected chi connectivity index (χ4v) is 2.92. The largest absolute Gasteiger partial charge is 0.392 e. The normalized spacial score (nSPS) is 13.8. The number of hydrogen-bond donors (Lipinski definition) is 1. The fraction of sp³-hybridized carbons (Fsp3) is 0.636. The van der Waals surface area contributed by atoms with Crippen LogP contribution in [-0.2, 0) is 6.54 Å². The zero-order valence-electron chi connectivity index (χ0n) is 9.40. The number of halogens is 1. The molecule has 0 fully saturated rings. The lowest BCUT2D eigenvalue weighted by Crippen LogP contribution is -2.35. The van der Waals surface area contributed by atoms with Crippen LogP contribution in [0.1, 0.15) is 25.6 Å². The Bertz CT molecular complexity index is 299. The highest BCUT2D eigenvalue weighted by Crippen LogP contribution is 2.24. The first-order valence-electron chi connectivity index (χ1n) is 5.14. The third-order valence-electron chi connectivity index (χ3n) is 2.27. The van der Waals surface area contributed by atoms with Gasteiger partial charge in [0.15, 0.2) is 0 Å². The molecule has 1 atom stereocenters. The van der Waals surface area contributed by atoms with Gasteiger partial charge in [-0.3, -0.25) is 4.90 Å². The smallest absolute Gasteiger partial charge is 0.0639 e. The van der Waals surface area contributed by atoms with Gasteiger partial charge in [0.25, 0.3) is 0 Å². The Morgan fingerprint density at radius 3 is 2.53 bits per heavy atom. The van der Waals surface area contributed by atoms with Gasteiger partial charge in [-0.2, -0.15) is 0 Å². The molecule has 2 nitrogen and oxygen atoms in total. The average Bonchev–Trinajstić information content (AvgIpc) is 2.50. The molecular weight excluding hydrogens is 274 g/mol. The first kappa shape index (κ1) is 13.2. The van der Waals surface area contributed by atoms with E-state index in [0.29, 0.717) is 6.04 Å². The van der Waals surface area contributed by atoms with Crippen LogP contribution in [0.3, 0.4) is 0 Å². The Labute approximate surface area is 104 Å². The summed E-state index contributed by atoms with van der Waals surface area (Å²) in [7, 11) is 0. The van der Waals surface area contributed by atoms with E-state index in [1.807, 2.05) is 6.92 Å². The molecule has 86 valence electrons. The second-order valence-electron chi connectivity index (χ2n) is 4.06. The van der Waals surface area contributed by atoms with Crippen LogP contribution in [-0.4, -0.2) is 28.7 Å². The van der Waals surface area contributed by atoms with Gasteiger partial charge in [-0.05, 0) is 48.1 Å². The molecule has 0 aliphatic carbocycles. The Hall–Kier alpha value is 0.100. The Morgan fingerprint density at radius 2 is 2.13 bits per heavy atom. The summed E-state index contributed by atoms with van der Waals surface area (Å²) in [6.45, 7) is 7.77. The van der Waals surface area contributed by atoms with Crippen molar-refractivity contribution in [2.24, 2.45) is 0 Å². The van der Waals surface area contributed by atoms with E-state index in [1.165, 1.54) is 9.35 Å². The van der Waals surface area contributed by atoms with Gasteiger partial charge in [0, 0.05) is 28.5 Å². The topological polar surface area (TPSA) is 23.5 Å². The number of hydrogen-bond acceptors (Lipinski definition) is 3. The molecule has 1 heterocycles. The molecule has 0 saturated heterocycles. The highest BCUT2D eigenvalue weighted by molar-refractivity contribution is 9.10. The second-order valence-corrected chi connectivity index (χ2v) is 5.92. The van der Waals surface area contributed by atoms with Crippen molar-refractivity contribution < 1.29 is 5.11 Å². The van der Waals surface area contributed by atoms with Crippen molar-refractivity contribution in [2.45, 2.75) is 39.5 Å². The molecule has 1 unspecified atom stereocenters. The van der Waals surface area contributed by atoms with Gasteiger partial charge in [-0.25, -0.2) is 0 Å². The Kier molecular flexibility index (Phi) is 5.26. The third-order valence-corrected chi connectivity index (χ3v) is 4.18. The second kappa shape index (κ2) is 5.99. The maximum atomic E-state index is 9.42. The quantitative estimate of drug-likeness (QED) is 0.901. The zero-order chi connectivity index (χ0) is 11.4. The highest BCUT2D eigenvalue weighted by atomic mass is 79.9. The van der Waals surface area contributed by atoms with Crippen molar-refractivity contribution in [3.05, 3.63) is 20.8 Å². The third kappa shape index (κ3) is 4.23. The minimum Gasteiger partial charge on any atom is -0.392 e. The van der Waals surface area contributed by atoms with Crippen LogP contribution in [0.2, 0.25) is 0 Å². The minimum absolute atomic E-state index is 0.272. The minimum atomic E-state index is -0.272. The summed E-state index contributed by atoms with van der Waals surface area (Å²) in [6, 6.07) is 2.52. The molecule has 0 aliphatic heterocycles. The van der Waals surface area contributed by atoms with Gasteiger partial charge in [0.2, 0.25) is 0 Å². The van der Waals surface area contributed by atoms with Crippen LogP contribution in [0.4, 0.5) is 0 Å². The van der Waals surface area contributed by atoms with Crippen molar-refractivity contribution in [1.29, 1.82) is 0 Å². The van der Waals surface area contributed by atoms with Gasteiger partial charge in [-0.1, -0.05) is 0 Å². The first-order valence-corrected chi connectivity index (χ1v) is 6.82. The lowest BCUT2D eigenvalue weighted by Gasteiger charge is -2.27. The van der Waals surface area contributed by atoms with Gasteiger partial charge in [-0.15, -0.1) is 11.3 Å². The Morgan fingerprint density at radius 1 is 1.47 bits per heavy atom. The van der Waals surface area contributed by atoms with Crippen LogP contribution in [0, 0.1) is 0 Å². The molecule has 4 heteroatoms. The summed E-state index contributed by atoms with van der Waals surface area (Å²) in [4.78, 5) is 3.60. The van der Waals surface area contributed by atoms with Gasteiger partial charge < -0.3 is 5.11 Å². The van der Waals surface area contributed by atoms with E-state index in [-0.39, 0.29) is 6.10 Å². The number of aliphatic hydroxyl groups excluding tert-OH is 1. The molecule has 0 bridgehead atoms. The van der Waals surface area contributed by atoms with Gasteiger partial charge >= 0.3 is 0 Å². The van der Waals surface area contributed by atoms with E-state index in [1.54, 1.807) is 11.3 Å². The molecule has 1 aromatic heterocycles. The van der Waals surface area contributed by atoms with Crippen LogP contribution in [0.15, 0.2) is 15.9 Å². The summed E-state index contributed by atoms with van der Waals surface area (Å²) >= 11 is 5.28. The number of thiophene rings is 1. The molecular formula is C11H18BrNOS. The zero-order valence-corrected chi connectivity index (χ0v) is 11.8. The standard InChI is InChI=1S/C11H18BrNOS/c1-8(2)13(6-9(3)14)7-11-10(12)4-5-15-11/h4-5,8-9,14H,6-7H2,1-3H3. The van der Waals surface area contributed by atoms with E-state index in [2.05, 4.69) is 46.1 Å². The lowest BCUT2D eigenvalue weighted by molar-refractivity contribution is 0.103. The molecule has 15 heavy (non-hydrogen) atoms. The SMILES string of the molecule is CC(O)CN(Cc1sccc1Br)C(C)C. The fourth-order valence-electron chi connectivity index (χ4n) is 1.42. The van der Waals surface area contributed by atoms with Crippen molar-refractivity contribution in [3.8, 4) is 0 Å². The molecule has 0 spiro atoms. The number of aliphatic hydroxyl groups is 1. The maximum absolute atomic E-state index is 9.42. The monoisotopic (exact) mass is 291 g/mol. The molecule has 0 aromatic carbocycles. The van der Waals surface area contributed by atoms with Gasteiger partial charge in [0.05, 0.1) is 6.10 Å². The molecule has 1 N–H and O–H groups in total. The van der Waals surface area contributed by atoms with E-state index in [0.717, 1.165) is 13.1 Å². The van der Waals surface area contributed by atoms with Crippen molar-refractivity contribution >= 4 is 27.3 Å². The summed E-state index contributed by atoms with van der Waals surface area (Å²) in [5.74, 6) is 0. The number of nitrogens with zero attached hydrogens (tertiary/aromatic N) is 1. The summed E-state index contributed by atoms with van der Waals surface area (Å²) < 4.78 is 1.17. The summed E-state index contributed by atoms with van der Waals surface area (Å²) in [5, 5.41) is 11.5. The first-order chi connectivity index (χ1) is 7.00. The molecule has 0 aliphatic rings. The Balaban J connectivity index is 2.63. The average molecular weight is 292 g/mol. The number of rotatable bonds is 5. The molecule has 1 rings (SSSR count). The predicted molar refractivity (Wildman–Crippen MR) is 69.2 cm³/mol. The molecule has 0 amide bonds. The van der Waals surface area contributed by atoms with Crippen LogP contribution >= 0.6 is 27.3 Å². The van der Waals surface area contributed by atoms with Crippen molar-refractivity contribution in [2.75, 3.05) is 6.54 Å². The lowest BCUT2D eigenvalue weighted by atomic mass is 10.2.